The number of para-hydroxylation sites is 1. The third kappa shape index (κ3) is 2.52. The zero-order valence-corrected chi connectivity index (χ0v) is 10.7. The van der Waals surface area contributed by atoms with Crippen molar-refractivity contribution < 1.29 is 9.31 Å². The maximum atomic E-state index is 13.3. The van der Waals surface area contributed by atoms with Crippen LogP contribution in [0.5, 0.6) is 0 Å². The molecule has 2 aromatic rings. The summed E-state index contributed by atoms with van der Waals surface area (Å²) >= 11 is 0. The zero-order valence-electron chi connectivity index (χ0n) is 10.7. The average Bonchev–Trinajstić information content (AvgIpc) is 2.45. The van der Waals surface area contributed by atoms with E-state index in [2.05, 4.69) is 5.43 Å². The number of nitro benzene ring substituents is 1. The van der Waals surface area contributed by atoms with Crippen LogP contribution in [0.4, 0.5) is 27.1 Å². The fourth-order valence-electron chi connectivity index (χ4n) is 1.93. The lowest BCUT2D eigenvalue weighted by Gasteiger charge is -2.20. The standard InChI is InChI=1S/C13H13FN4O2/c1-17(10-5-2-4-9(14)8-10)12-7-3-6-11(16-15)13(12)18(19)20/h2-8,16H,15H2,1H3. The van der Waals surface area contributed by atoms with Crippen molar-refractivity contribution in [3.63, 3.8) is 0 Å². The number of nitrogens with zero attached hydrogens (tertiary/aromatic N) is 2. The van der Waals surface area contributed by atoms with Crippen molar-refractivity contribution >= 4 is 22.7 Å². The van der Waals surface area contributed by atoms with E-state index in [0.717, 1.165) is 0 Å². The number of halogens is 1. The fourth-order valence-corrected chi connectivity index (χ4v) is 1.93. The maximum Gasteiger partial charge on any atom is 0.317 e. The molecule has 0 saturated carbocycles. The number of nitrogens with one attached hydrogen (secondary N) is 1. The molecule has 0 heterocycles. The van der Waals surface area contributed by atoms with Gasteiger partial charge in [-0.2, -0.15) is 0 Å². The molecule has 0 aromatic heterocycles. The Morgan fingerprint density at radius 3 is 2.60 bits per heavy atom. The predicted molar refractivity (Wildman–Crippen MR) is 75.4 cm³/mol. The molecule has 0 radical (unpaired) electrons. The quantitative estimate of drug-likeness (QED) is 0.509. The summed E-state index contributed by atoms with van der Waals surface area (Å²) in [6.45, 7) is 0. The SMILES string of the molecule is CN(c1cccc(F)c1)c1cccc(NN)c1[N+](=O)[O-]. The molecule has 7 heteroatoms. The van der Waals surface area contributed by atoms with Crippen molar-refractivity contribution in [3.8, 4) is 0 Å². The van der Waals surface area contributed by atoms with Crippen molar-refractivity contribution in [1.29, 1.82) is 0 Å². The lowest BCUT2D eigenvalue weighted by Crippen LogP contribution is -2.15. The van der Waals surface area contributed by atoms with Crippen LogP contribution in [0.3, 0.4) is 0 Å². The topological polar surface area (TPSA) is 84.4 Å². The number of rotatable bonds is 4. The van der Waals surface area contributed by atoms with Crippen LogP contribution >= 0.6 is 0 Å². The summed E-state index contributed by atoms with van der Waals surface area (Å²) in [4.78, 5) is 12.2. The summed E-state index contributed by atoms with van der Waals surface area (Å²) in [6.07, 6.45) is 0. The van der Waals surface area contributed by atoms with Gasteiger partial charge in [-0.1, -0.05) is 12.1 Å². The second kappa shape index (κ2) is 5.54. The summed E-state index contributed by atoms with van der Waals surface area (Å²) in [5, 5.41) is 11.2. The van der Waals surface area contributed by atoms with Crippen LogP contribution in [0.2, 0.25) is 0 Å². The van der Waals surface area contributed by atoms with Crippen LogP contribution in [0.1, 0.15) is 0 Å². The van der Waals surface area contributed by atoms with Crippen LogP contribution in [0.15, 0.2) is 42.5 Å². The van der Waals surface area contributed by atoms with Gasteiger partial charge in [0.15, 0.2) is 0 Å². The molecule has 20 heavy (non-hydrogen) atoms. The van der Waals surface area contributed by atoms with Gasteiger partial charge in [-0.15, -0.1) is 0 Å². The highest BCUT2D eigenvalue weighted by molar-refractivity contribution is 5.80. The molecule has 0 aliphatic carbocycles. The van der Waals surface area contributed by atoms with Gasteiger partial charge in [0.1, 0.15) is 17.2 Å². The van der Waals surface area contributed by atoms with E-state index in [9.17, 15) is 14.5 Å². The largest absolute Gasteiger partial charge is 0.339 e. The number of nitro groups is 1. The summed E-state index contributed by atoms with van der Waals surface area (Å²) in [7, 11) is 1.62. The Labute approximate surface area is 114 Å². The highest BCUT2D eigenvalue weighted by atomic mass is 19.1. The molecule has 3 N–H and O–H groups in total. The lowest BCUT2D eigenvalue weighted by molar-refractivity contribution is -0.383. The van der Waals surface area contributed by atoms with Gasteiger partial charge in [0.2, 0.25) is 0 Å². The molecule has 2 aromatic carbocycles. The monoisotopic (exact) mass is 276 g/mol. The zero-order chi connectivity index (χ0) is 14.7. The first kappa shape index (κ1) is 13.8. The molecule has 104 valence electrons. The van der Waals surface area contributed by atoms with Gasteiger partial charge in [-0.3, -0.25) is 16.0 Å². The summed E-state index contributed by atoms with van der Waals surface area (Å²) < 4.78 is 13.3. The second-order valence-corrected chi connectivity index (χ2v) is 4.11. The van der Waals surface area contributed by atoms with E-state index >= 15 is 0 Å². The van der Waals surface area contributed by atoms with Gasteiger partial charge in [-0.05, 0) is 30.3 Å². The first-order valence-electron chi connectivity index (χ1n) is 5.78. The minimum absolute atomic E-state index is 0.165. The molecule has 0 saturated heterocycles. The Hall–Kier alpha value is -2.67. The van der Waals surface area contributed by atoms with Crippen LogP contribution in [-0.2, 0) is 0 Å². The Bertz CT molecular complexity index is 648. The van der Waals surface area contributed by atoms with Gasteiger partial charge < -0.3 is 10.3 Å². The molecular weight excluding hydrogens is 263 g/mol. The van der Waals surface area contributed by atoms with Gasteiger partial charge in [0.25, 0.3) is 0 Å². The minimum atomic E-state index is -0.527. The Morgan fingerprint density at radius 1 is 1.30 bits per heavy atom. The number of hydrogen-bond donors (Lipinski definition) is 2. The first-order valence-corrected chi connectivity index (χ1v) is 5.78. The highest BCUT2D eigenvalue weighted by Crippen LogP contribution is 2.37. The van der Waals surface area contributed by atoms with Crippen LogP contribution < -0.4 is 16.2 Å². The second-order valence-electron chi connectivity index (χ2n) is 4.11. The molecule has 0 unspecified atom stereocenters. The highest BCUT2D eigenvalue weighted by Gasteiger charge is 2.22. The number of anilines is 3. The van der Waals surface area contributed by atoms with Crippen molar-refractivity contribution in [1.82, 2.24) is 0 Å². The maximum absolute atomic E-state index is 13.3. The van der Waals surface area contributed by atoms with E-state index in [0.29, 0.717) is 11.4 Å². The van der Waals surface area contributed by atoms with E-state index in [1.807, 2.05) is 0 Å². The number of benzene rings is 2. The van der Waals surface area contributed by atoms with Crippen molar-refractivity contribution in [2.24, 2.45) is 5.84 Å². The third-order valence-corrected chi connectivity index (χ3v) is 2.91. The number of hydrazine groups is 1. The van der Waals surface area contributed by atoms with Gasteiger partial charge in [-0.25, -0.2) is 4.39 Å². The van der Waals surface area contributed by atoms with E-state index in [1.54, 1.807) is 25.2 Å². The normalized spacial score (nSPS) is 10.2. The van der Waals surface area contributed by atoms with E-state index in [-0.39, 0.29) is 11.4 Å². The third-order valence-electron chi connectivity index (χ3n) is 2.91. The average molecular weight is 276 g/mol. The number of hydrogen-bond acceptors (Lipinski definition) is 5. The first-order chi connectivity index (χ1) is 9.54. The number of nitrogen functional groups attached to an aromatic ring is 1. The van der Waals surface area contributed by atoms with Gasteiger partial charge in [0, 0.05) is 12.7 Å². The molecule has 0 spiro atoms. The number of nitrogens with two attached hydrogens (primary N) is 1. The Morgan fingerprint density at radius 2 is 2.00 bits per heavy atom. The van der Waals surface area contributed by atoms with Crippen molar-refractivity contribution in [3.05, 3.63) is 58.4 Å². The predicted octanol–water partition coefficient (Wildman–Crippen LogP) is 2.79. The summed E-state index contributed by atoms with van der Waals surface area (Å²) in [5.74, 6) is 4.88. The van der Waals surface area contributed by atoms with E-state index in [1.165, 1.54) is 29.2 Å². The van der Waals surface area contributed by atoms with Gasteiger partial charge >= 0.3 is 5.69 Å². The Kier molecular flexibility index (Phi) is 3.81. The summed E-state index contributed by atoms with van der Waals surface area (Å²) in [6, 6.07) is 10.5. The lowest BCUT2D eigenvalue weighted by atomic mass is 10.2. The van der Waals surface area contributed by atoms with Gasteiger partial charge in [0.05, 0.1) is 4.92 Å². The van der Waals surface area contributed by atoms with Crippen LogP contribution in [0, 0.1) is 15.9 Å². The van der Waals surface area contributed by atoms with E-state index in [4.69, 9.17) is 5.84 Å². The molecule has 0 fully saturated rings. The van der Waals surface area contributed by atoms with Crippen LogP contribution in [-0.4, -0.2) is 12.0 Å². The summed E-state index contributed by atoms with van der Waals surface area (Å²) in [5.41, 5.74) is 3.14. The molecule has 0 aliphatic heterocycles. The smallest absolute Gasteiger partial charge is 0.317 e. The van der Waals surface area contributed by atoms with Crippen molar-refractivity contribution in [2.75, 3.05) is 17.4 Å². The van der Waals surface area contributed by atoms with Crippen LogP contribution in [0.25, 0.3) is 0 Å². The molecule has 0 amide bonds. The molecular formula is C13H13FN4O2. The molecule has 0 atom stereocenters. The van der Waals surface area contributed by atoms with Crippen molar-refractivity contribution in [2.45, 2.75) is 0 Å². The Balaban J connectivity index is 2.54. The fraction of sp³-hybridized carbons (Fsp3) is 0.0769. The minimum Gasteiger partial charge on any atom is -0.339 e. The molecule has 2 rings (SSSR count). The van der Waals surface area contributed by atoms with E-state index < -0.39 is 10.7 Å². The molecule has 6 nitrogen and oxygen atoms in total. The molecule has 0 bridgehead atoms. The molecule has 0 aliphatic rings.